The van der Waals surface area contributed by atoms with Crippen LogP contribution in [0.25, 0.3) is 0 Å². The summed E-state index contributed by atoms with van der Waals surface area (Å²) in [5.74, 6) is -0.112. The Bertz CT molecular complexity index is 484. The Morgan fingerprint density at radius 3 is 2.71 bits per heavy atom. The fraction of sp³-hybridized carbons (Fsp3) is 0.667. The van der Waals surface area contributed by atoms with Crippen molar-refractivity contribution in [3.8, 4) is 0 Å². The molecule has 0 heterocycles. The van der Waals surface area contributed by atoms with E-state index in [4.69, 9.17) is 4.74 Å². The van der Waals surface area contributed by atoms with E-state index >= 15 is 0 Å². The van der Waals surface area contributed by atoms with Gasteiger partial charge in [-0.25, -0.2) is 4.39 Å². The summed E-state index contributed by atoms with van der Waals surface area (Å²) in [7, 11) is 0. The highest BCUT2D eigenvalue weighted by atomic mass is 19.1. The summed E-state index contributed by atoms with van der Waals surface area (Å²) in [6.07, 6.45) is 6.56. The summed E-state index contributed by atoms with van der Waals surface area (Å²) >= 11 is 0. The van der Waals surface area contributed by atoms with E-state index in [1.165, 1.54) is 25.7 Å². The van der Waals surface area contributed by atoms with Crippen molar-refractivity contribution in [2.45, 2.75) is 64.1 Å². The van der Waals surface area contributed by atoms with Crippen LogP contribution in [0, 0.1) is 11.2 Å². The van der Waals surface area contributed by atoms with Crippen molar-refractivity contribution in [2.24, 2.45) is 5.41 Å². The molecule has 2 aliphatic carbocycles. The van der Waals surface area contributed by atoms with Gasteiger partial charge in [-0.15, -0.1) is 0 Å². The molecule has 0 saturated heterocycles. The van der Waals surface area contributed by atoms with Crippen LogP contribution in [0.15, 0.2) is 24.3 Å². The standard InChI is InChI=1S/C18H26FNO/c1-3-21-17-12-16(18(17)10-6-7-11-18)20-13(2)14-8-4-5-9-15(14)19/h4-5,8-9,13,16-17,20H,3,6-7,10-12H2,1-2H3/t13-,16?,17?/m1/s1. The lowest BCUT2D eigenvalue weighted by atomic mass is 9.60. The number of nitrogens with one attached hydrogen (secondary N) is 1. The van der Waals surface area contributed by atoms with E-state index in [9.17, 15) is 4.39 Å². The van der Waals surface area contributed by atoms with Crippen molar-refractivity contribution >= 4 is 0 Å². The molecule has 0 radical (unpaired) electrons. The van der Waals surface area contributed by atoms with Gasteiger partial charge in [0.2, 0.25) is 0 Å². The van der Waals surface area contributed by atoms with Gasteiger partial charge in [0.05, 0.1) is 6.10 Å². The lowest BCUT2D eigenvalue weighted by molar-refractivity contribution is -0.132. The molecule has 2 unspecified atom stereocenters. The predicted molar refractivity (Wildman–Crippen MR) is 82.7 cm³/mol. The van der Waals surface area contributed by atoms with E-state index in [2.05, 4.69) is 19.2 Å². The number of hydrogen-bond acceptors (Lipinski definition) is 2. The van der Waals surface area contributed by atoms with Gasteiger partial charge in [0, 0.05) is 29.7 Å². The highest BCUT2D eigenvalue weighted by Crippen LogP contribution is 2.55. The SMILES string of the molecule is CCOC1CC(N[C@H](C)c2ccccc2F)C12CCCC2. The van der Waals surface area contributed by atoms with Crippen LogP contribution < -0.4 is 5.32 Å². The van der Waals surface area contributed by atoms with Crippen molar-refractivity contribution < 1.29 is 9.13 Å². The van der Waals surface area contributed by atoms with Crippen LogP contribution in [0.5, 0.6) is 0 Å². The van der Waals surface area contributed by atoms with E-state index in [0.29, 0.717) is 17.6 Å². The molecule has 1 aromatic carbocycles. The van der Waals surface area contributed by atoms with E-state index in [1.54, 1.807) is 12.1 Å². The maximum absolute atomic E-state index is 13.9. The second-order valence-corrected chi connectivity index (χ2v) is 6.58. The quantitative estimate of drug-likeness (QED) is 0.877. The molecule has 2 fully saturated rings. The number of hydrogen-bond donors (Lipinski definition) is 1. The number of rotatable bonds is 5. The third-order valence-electron chi connectivity index (χ3n) is 5.51. The van der Waals surface area contributed by atoms with Crippen LogP contribution in [0.3, 0.4) is 0 Å². The maximum Gasteiger partial charge on any atom is 0.127 e. The molecule has 2 nitrogen and oxygen atoms in total. The lowest BCUT2D eigenvalue weighted by Gasteiger charge is -2.55. The minimum Gasteiger partial charge on any atom is -0.378 e. The van der Waals surface area contributed by atoms with E-state index in [0.717, 1.165) is 18.6 Å². The topological polar surface area (TPSA) is 21.3 Å². The number of ether oxygens (including phenoxy) is 1. The van der Waals surface area contributed by atoms with Gasteiger partial charge in [0.1, 0.15) is 5.82 Å². The molecule has 1 spiro atoms. The number of halogens is 1. The molecular weight excluding hydrogens is 265 g/mol. The molecule has 2 aliphatic rings. The largest absolute Gasteiger partial charge is 0.378 e. The smallest absolute Gasteiger partial charge is 0.127 e. The van der Waals surface area contributed by atoms with Gasteiger partial charge in [0.25, 0.3) is 0 Å². The van der Waals surface area contributed by atoms with Gasteiger partial charge in [-0.2, -0.15) is 0 Å². The highest BCUT2D eigenvalue weighted by molar-refractivity contribution is 5.22. The zero-order valence-corrected chi connectivity index (χ0v) is 13.1. The Hall–Kier alpha value is -0.930. The van der Waals surface area contributed by atoms with Crippen LogP contribution in [0.2, 0.25) is 0 Å². The second kappa shape index (κ2) is 6.05. The minimum absolute atomic E-state index is 0.0521. The molecule has 0 amide bonds. The van der Waals surface area contributed by atoms with Crippen LogP contribution >= 0.6 is 0 Å². The third kappa shape index (κ3) is 2.62. The first-order valence-electron chi connectivity index (χ1n) is 8.29. The van der Waals surface area contributed by atoms with Gasteiger partial charge in [-0.1, -0.05) is 31.0 Å². The normalized spacial score (nSPS) is 28.5. The summed E-state index contributed by atoms with van der Waals surface area (Å²) in [6, 6.07) is 7.60. The zero-order valence-electron chi connectivity index (χ0n) is 13.1. The van der Waals surface area contributed by atoms with E-state index < -0.39 is 0 Å². The predicted octanol–water partition coefficient (Wildman–Crippen LogP) is 4.21. The van der Waals surface area contributed by atoms with Crippen LogP contribution in [-0.4, -0.2) is 18.8 Å². The Kier molecular flexibility index (Phi) is 4.32. The fourth-order valence-corrected chi connectivity index (χ4v) is 4.34. The van der Waals surface area contributed by atoms with Gasteiger partial charge >= 0.3 is 0 Å². The molecule has 21 heavy (non-hydrogen) atoms. The third-order valence-corrected chi connectivity index (χ3v) is 5.51. The first kappa shape index (κ1) is 15.0. The molecule has 0 aromatic heterocycles. The molecule has 0 aliphatic heterocycles. The zero-order chi connectivity index (χ0) is 14.9. The van der Waals surface area contributed by atoms with Crippen LogP contribution in [0.1, 0.15) is 57.6 Å². The van der Waals surface area contributed by atoms with Crippen molar-refractivity contribution in [2.75, 3.05) is 6.61 Å². The molecule has 3 heteroatoms. The second-order valence-electron chi connectivity index (χ2n) is 6.58. The summed E-state index contributed by atoms with van der Waals surface area (Å²) in [5, 5.41) is 3.67. The van der Waals surface area contributed by atoms with E-state index in [1.807, 2.05) is 12.1 Å². The minimum atomic E-state index is -0.112. The van der Waals surface area contributed by atoms with Gasteiger partial charge in [0.15, 0.2) is 0 Å². The summed E-state index contributed by atoms with van der Waals surface area (Å²) in [6.45, 7) is 4.93. The first-order valence-corrected chi connectivity index (χ1v) is 8.29. The average Bonchev–Trinajstić information content (AvgIpc) is 2.99. The Morgan fingerprint density at radius 1 is 1.33 bits per heavy atom. The summed E-state index contributed by atoms with van der Waals surface area (Å²) in [4.78, 5) is 0. The molecule has 3 atom stereocenters. The molecule has 2 saturated carbocycles. The van der Waals surface area contributed by atoms with Gasteiger partial charge < -0.3 is 10.1 Å². The Balaban J connectivity index is 1.69. The Labute approximate surface area is 127 Å². The van der Waals surface area contributed by atoms with Crippen LogP contribution in [-0.2, 0) is 4.74 Å². The summed E-state index contributed by atoms with van der Waals surface area (Å²) in [5.41, 5.74) is 1.07. The Morgan fingerprint density at radius 2 is 2.05 bits per heavy atom. The highest BCUT2D eigenvalue weighted by Gasteiger charge is 2.56. The lowest BCUT2D eigenvalue weighted by Crippen LogP contribution is -2.63. The average molecular weight is 291 g/mol. The fourth-order valence-electron chi connectivity index (χ4n) is 4.34. The van der Waals surface area contributed by atoms with Crippen molar-refractivity contribution in [1.82, 2.24) is 5.32 Å². The monoisotopic (exact) mass is 291 g/mol. The molecule has 116 valence electrons. The molecule has 0 bridgehead atoms. The van der Waals surface area contributed by atoms with Gasteiger partial charge in [-0.3, -0.25) is 0 Å². The number of benzene rings is 1. The summed E-state index contributed by atoms with van der Waals surface area (Å²) < 4.78 is 19.9. The molecule has 1 N–H and O–H groups in total. The van der Waals surface area contributed by atoms with Crippen LogP contribution in [0.4, 0.5) is 4.39 Å². The molecular formula is C18H26FNO. The van der Waals surface area contributed by atoms with E-state index in [-0.39, 0.29) is 11.9 Å². The first-order chi connectivity index (χ1) is 10.2. The van der Waals surface area contributed by atoms with Crippen molar-refractivity contribution in [3.05, 3.63) is 35.6 Å². The van der Waals surface area contributed by atoms with Gasteiger partial charge in [-0.05, 0) is 39.2 Å². The van der Waals surface area contributed by atoms with Crippen molar-refractivity contribution in [1.29, 1.82) is 0 Å². The maximum atomic E-state index is 13.9. The van der Waals surface area contributed by atoms with Crippen molar-refractivity contribution in [3.63, 3.8) is 0 Å². The molecule has 1 aromatic rings. The molecule has 3 rings (SSSR count).